The van der Waals surface area contributed by atoms with Gasteiger partial charge in [-0.25, -0.2) is 19.6 Å². The molecule has 6 heterocycles. The number of likely N-dealkylation sites (tertiary alicyclic amines) is 2. The Bertz CT molecular complexity index is 2060. The van der Waals surface area contributed by atoms with E-state index in [0.717, 1.165) is 55.0 Å². The number of carbonyl (C=O) groups excluding carboxylic acids is 4. The highest BCUT2D eigenvalue weighted by molar-refractivity contribution is 7.19. The van der Waals surface area contributed by atoms with Crippen LogP contribution in [-0.4, -0.2) is 94.9 Å². The van der Waals surface area contributed by atoms with Crippen molar-refractivity contribution in [2.75, 3.05) is 27.3 Å². The number of H-pyrrole nitrogens is 1. The third-order valence-electron chi connectivity index (χ3n) is 10.1. The molecule has 0 bridgehead atoms. The average molecular weight is 774 g/mol. The maximum atomic E-state index is 13.6. The molecule has 0 aliphatic carbocycles. The molecule has 3 aromatic rings. The molecule has 6 rings (SSSR count). The van der Waals surface area contributed by atoms with Gasteiger partial charge >= 0.3 is 12.2 Å². The van der Waals surface area contributed by atoms with E-state index >= 15 is 0 Å². The number of nitrogens with zero attached hydrogens (tertiary/aromatic N) is 4. The summed E-state index contributed by atoms with van der Waals surface area (Å²) in [5.74, 6) is 13.1. The predicted molar refractivity (Wildman–Crippen MR) is 209 cm³/mol. The highest BCUT2D eigenvalue weighted by Gasteiger charge is 2.42. The SMILES string of the molecule is COC(=O)N[C@H](C(=O)N1C[C@@H](C)C[C@H]1C1=Nc2sc(C#CC#Cc3cc4[nH]c([C@@H]5C[C@H](C)CN5C(=O)[C@@H](NC(=O)OC)C(C)C)nc4s3)cc2C1)C(C)C. The second kappa shape index (κ2) is 16.2. The van der Waals surface area contributed by atoms with Gasteiger partial charge in [0.15, 0.2) is 0 Å². The first-order valence-corrected chi connectivity index (χ1v) is 19.9. The summed E-state index contributed by atoms with van der Waals surface area (Å²) in [5.41, 5.74) is 2.92. The normalized spacial score (nSPS) is 21.6. The fraction of sp³-hybridized carbons (Fsp3) is 0.538. The van der Waals surface area contributed by atoms with Gasteiger partial charge in [-0.3, -0.25) is 9.59 Å². The standard InChI is InChI=1S/C39H47N7O6S2/c1-20(2)31(42-38(49)51-7)36(47)45-18-22(5)13-29(45)27-16-24-15-25(53-34(24)41-27)11-9-10-12-26-17-28-35(54-26)44-33(40-28)30-14-23(6)19-46(30)37(48)32(21(3)4)43-39(50)52-8/h15,17,20-23,29-32H,13-14,16,18-19H2,1-8H3,(H,40,44)(H,42,49)(H,43,50)/t22-,23-,29-,30-,31-,32-/m0/s1. The summed E-state index contributed by atoms with van der Waals surface area (Å²) >= 11 is 2.99. The zero-order valence-electron chi connectivity index (χ0n) is 31.9. The monoisotopic (exact) mass is 773 g/mol. The van der Waals surface area contributed by atoms with Crippen LogP contribution in [-0.2, 0) is 25.5 Å². The second-order valence-electron chi connectivity index (χ2n) is 15.1. The van der Waals surface area contributed by atoms with Crippen molar-refractivity contribution in [1.29, 1.82) is 0 Å². The molecule has 0 spiro atoms. The van der Waals surface area contributed by atoms with Crippen LogP contribution in [0.1, 0.15) is 81.6 Å². The number of fused-ring (bicyclic) bond motifs is 2. The van der Waals surface area contributed by atoms with Gasteiger partial charge in [0.2, 0.25) is 11.8 Å². The Kier molecular flexibility index (Phi) is 11.7. The first kappa shape index (κ1) is 38.9. The van der Waals surface area contributed by atoms with Gasteiger partial charge in [-0.15, -0.1) is 22.7 Å². The highest BCUT2D eigenvalue weighted by atomic mass is 32.1. The van der Waals surface area contributed by atoms with Gasteiger partial charge in [0.1, 0.15) is 27.7 Å². The number of thiophene rings is 2. The topological polar surface area (TPSA) is 158 Å². The molecule has 286 valence electrons. The highest BCUT2D eigenvalue weighted by Crippen LogP contribution is 2.39. The number of methoxy groups -OCH3 is 2. The molecule has 0 aromatic carbocycles. The smallest absolute Gasteiger partial charge is 0.407 e. The number of ether oxygens (including phenoxy) is 2. The van der Waals surface area contributed by atoms with Gasteiger partial charge in [0.05, 0.1) is 41.6 Å². The Labute approximate surface area is 323 Å². The maximum absolute atomic E-state index is 13.6. The molecular formula is C39H47N7O6S2. The quantitative estimate of drug-likeness (QED) is 0.251. The van der Waals surface area contributed by atoms with Gasteiger partial charge in [-0.05, 0) is 77.9 Å². The van der Waals surface area contributed by atoms with E-state index in [1.807, 2.05) is 43.6 Å². The molecule has 13 nitrogen and oxygen atoms in total. The van der Waals surface area contributed by atoms with Crippen LogP contribution in [0, 0.1) is 47.4 Å². The van der Waals surface area contributed by atoms with Gasteiger partial charge in [0, 0.05) is 25.2 Å². The van der Waals surface area contributed by atoms with E-state index in [0.29, 0.717) is 25.4 Å². The van der Waals surface area contributed by atoms with Crippen LogP contribution in [0.2, 0.25) is 0 Å². The molecule has 2 saturated heterocycles. The number of carbonyl (C=O) groups is 4. The first-order chi connectivity index (χ1) is 25.8. The molecule has 4 amide bonds. The molecule has 15 heteroatoms. The van der Waals surface area contributed by atoms with Crippen LogP contribution in [0.15, 0.2) is 17.1 Å². The van der Waals surface area contributed by atoms with E-state index in [4.69, 9.17) is 19.5 Å². The molecule has 6 atom stereocenters. The second-order valence-corrected chi connectivity index (χ2v) is 17.1. The molecule has 0 unspecified atom stereocenters. The number of aliphatic imine (C=N–C) groups is 1. The first-order valence-electron chi connectivity index (χ1n) is 18.3. The number of aromatic nitrogens is 2. The van der Waals surface area contributed by atoms with Crippen LogP contribution in [0.4, 0.5) is 14.6 Å². The summed E-state index contributed by atoms with van der Waals surface area (Å²) in [6.45, 7) is 13.1. The largest absolute Gasteiger partial charge is 0.453 e. The minimum Gasteiger partial charge on any atom is -0.453 e. The molecule has 3 aromatic heterocycles. The number of amides is 4. The summed E-state index contributed by atoms with van der Waals surface area (Å²) < 4.78 is 9.52. The van der Waals surface area contributed by atoms with Gasteiger partial charge in [-0.1, -0.05) is 41.5 Å². The van der Waals surface area contributed by atoms with E-state index in [9.17, 15) is 19.2 Å². The van der Waals surface area contributed by atoms with Crippen LogP contribution >= 0.6 is 22.7 Å². The number of rotatable bonds is 8. The summed E-state index contributed by atoms with van der Waals surface area (Å²) in [5, 5.41) is 6.32. The van der Waals surface area contributed by atoms with Gasteiger partial charge in [0.25, 0.3) is 0 Å². The van der Waals surface area contributed by atoms with Gasteiger partial charge in [-0.2, -0.15) is 0 Å². The third kappa shape index (κ3) is 8.27. The van der Waals surface area contributed by atoms with Crippen molar-refractivity contribution in [2.24, 2.45) is 28.7 Å². The maximum Gasteiger partial charge on any atom is 0.407 e. The van der Waals surface area contributed by atoms with Gasteiger partial charge < -0.3 is 34.9 Å². The zero-order valence-corrected chi connectivity index (χ0v) is 33.5. The molecule has 3 N–H and O–H groups in total. The fourth-order valence-electron chi connectivity index (χ4n) is 7.40. The van der Waals surface area contributed by atoms with Crippen molar-refractivity contribution in [3.63, 3.8) is 0 Å². The lowest BCUT2D eigenvalue weighted by atomic mass is 9.99. The van der Waals surface area contributed by atoms with Crippen molar-refractivity contribution >= 4 is 67.7 Å². The average Bonchev–Trinajstić information content (AvgIpc) is 3.97. The Morgan fingerprint density at radius 2 is 1.37 bits per heavy atom. The minimum absolute atomic E-state index is 0.0956. The summed E-state index contributed by atoms with van der Waals surface area (Å²) in [6.07, 6.45) is 1.00. The number of hydrogen-bond acceptors (Lipinski definition) is 10. The van der Waals surface area contributed by atoms with Crippen molar-refractivity contribution < 1.29 is 28.7 Å². The van der Waals surface area contributed by atoms with Crippen molar-refractivity contribution in [1.82, 2.24) is 30.4 Å². The number of hydrogen-bond donors (Lipinski definition) is 3. The van der Waals surface area contributed by atoms with Crippen LogP contribution in [0.3, 0.4) is 0 Å². The number of aromatic amines is 1. The molecular weight excluding hydrogens is 727 g/mol. The lowest BCUT2D eigenvalue weighted by Crippen LogP contribution is -2.53. The molecule has 2 fully saturated rings. The van der Waals surface area contributed by atoms with Crippen LogP contribution in [0.5, 0.6) is 0 Å². The minimum atomic E-state index is -0.698. The van der Waals surface area contributed by atoms with Crippen LogP contribution < -0.4 is 10.6 Å². The lowest BCUT2D eigenvalue weighted by molar-refractivity contribution is -0.136. The molecule has 0 radical (unpaired) electrons. The van der Waals surface area contributed by atoms with Crippen LogP contribution in [0.25, 0.3) is 10.3 Å². The Balaban J connectivity index is 1.10. The molecule has 3 aliphatic heterocycles. The number of nitrogens with one attached hydrogen (secondary N) is 3. The van der Waals surface area contributed by atoms with E-state index in [1.54, 1.807) is 0 Å². The van der Waals surface area contributed by atoms with E-state index in [-0.39, 0.29) is 41.7 Å². The number of imidazole rings is 1. The summed E-state index contributed by atoms with van der Waals surface area (Å²) in [6, 6.07) is 2.29. The molecule has 3 aliphatic rings. The lowest BCUT2D eigenvalue weighted by Gasteiger charge is -2.31. The number of alkyl carbamates (subject to hydrolysis) is 2. The third-order valence-corrected chi connectivity index (χ3v) is 12.0. The van der Waals surface area contributed by atoms with Crippen molar-refractivity contribution in [2.45, 2.75) is 85.0 Å². The summed E-state index contributed by atoms with van der Waals surface area (Å²) in [4.78, 5) is 70.6. The Hall–Kier alpha value is -4.86. The van der Waals surface area contributed by atoms with Crippen molar-refractivity contribution in [3.8, 4) is 23.7 Å². The van der Waals surface area contributed by atoms with E-state index in [1.165, 1.54) is 36.9 Å². The zero-order chi connectivity index (χ0) is 38.8. The van der Waals surface area contributed by atoms with E-state index in [2.05, 4.69) is 59.2 Å². The molecule has 54 heavy (non-hydrogen) atoms. The predicted octanol–water partition coefficient (Wildman–Crippen LogP) is 5.63. The van der Waals surface area contributed by atoms with Crippen molar-refractivity contribution in [3.05, 3.63) is 33.3 Å². The Morgan fingerprint density at radius 1 is 0.833 bits per heavy atom. The fourth-order valence-corrected chi connectivity index (χ4v) is 9.19. The summed E-state index contributed by atoms with van der Waals surface area (Å²) in [7, 11) is 2.58. The Morgan fingerprint density at radius 3 is 1.89 bits per heavy atom. The van der Waals surface area contributed by atoms with E-state index < -0.39 is 24.3 Å². The molecule has 0 saturated carbocycles.